The second kappa shape index (κ2) is 6.72. The van der Waals surface area contributed by atoms with Gasteiger partial charge in [0.15, 0.2) is 0 Å². The Morgan fingerprint density at radius 3 is 2.75 bits per heavy atom. The van der Waals surface area contributed by atoms with E-state index in [0.717, 1.165) is 35.7 Å². The molecular weight excluding hydrogens is 316 g/mol. The summed E-state index contributed by atoms with van der Waals surface area (Å²) < 4.78 is 1.03. The van der Waals surface area contributed by atoms with E-state index >= 15 is 0 Å². The SMILES string of the molecule is C[C@H](NC(=O)CC1(N)CCCCC1)c1cccc(Br)c1. The number of hydrogen-bond donors (Lipinski definition) is 2. The van der Waals surface area contributed by atoms with Crippen LogP contribution in [0.5, 0.6) is 0 Å². The summed E-state index contributed by atoms with van der Waals surface area (Å²) in [5, 5.41) is 3.06. The van der Waals surface area contributed by atoms with Crippen LogP contribution >= 0.6 is 15.9 Å². The van der Waals surface area contributed by atoms with Crippen molar-refractivity contribution in [3.8, 4) is 0 Å². The topological polar surface area (TPSA) is 55.1 Å². The van der Waals surface area contributed by atoms with Crippen molar-refractivity contribution in [1.29, 1.82) is 0 Å². The molecule has 1 aromatic rings. The Kier molecular flexibility index (Phi) is 5.22. The summed E-state index contributed by atoms with van der Waals surface area (Å²) in [6, 6.07) is 8.02. The van der Waals surface area contributed by atoms with Crippen LogP contribution in [0, 0.1) is 0 Å². The maximum atomic E-state index is 12.2. The normalized spacial score (nSPS) is 19.4. The molecule has 3 nitrogen and oxygen atoms in total. The average Bonchev–Trinajstić information content (AvgIpc) is 2.38. The quantitative estimate of drug-likeness (QED) is 0.879. The monoisotopic (exact) mass is 338 g/mol. The first-order valence-corrected chi connectivity index (χ1v) is 8.12. The molecule has 110 valence electrons. The fourth-order valence-electron chi connectivity index (χ4n) is 2.90. The van der Waals surface area contributed by atoms with Gasteiger partial charge in [-0.2, -0.15) is 0 Å². The highest BCUT2D eigenvalue weighted by molar-refractivity contribution is 9.10. The standard InChI is InChI=1S/C16H23BrN2O/c1-12(13-6-5-7-14(17)10-13)19-15(20)11-16(18)8-3-2-4-9-16/h5-7,10,12H,2-4,8-9,11,18H2,1H3,(H,19,20)/t12-/m0/s1. The first-order chi connectivity index (χ1) is 9.48. The number of amides is 1. The molecule has 0 bridgehead atoms. The lowest BCUT2D eigenvalue weighted by Crippen LogP contribution is -2.46. The van der Waals surface area contributed by atoms with Gasteiger partial charge in [0.25, 0.3) is 0 Å². The molecule has 1 amide bonds. The third-order valence-electron chi connectivity index (χ3n) is 4.09. The van der Waals surface area contributed by atoms with Crippen molar-refractivity contribution in [1.82, 2.24) is 5.32 Å². The Labute approximate surface area is 129 Å². The van der Waals surface area contributed by atoms with Crippen molar-refractivity contribution in [3.63, 3.8) is 0 Å². The minimum absolute atomic E-state index is 0.00666. The molecule has 1 aliphatic rings. The van der Waals surface area contributed by atoms with E-state index < -0.39 is 0 Å². The van der Waals surface area contributed by atoms with Crippen LogP contribution in [-0.4, -0.2) is 11.4 Å². The van der Waals surface area contributed by atoms with Crippen molar-refractivity contribution in [3.05, 3.63) is 34.3 Å². The van der Waals surface area contributed by atoms with E-state index in [2.05, 4.69) is 21.2 Å². The maximum Gasteiger partial charge on any atom is 0.222 e. The van der Waals surface area contributed by atoms with E-state index in [-0.39, 0.29) is 17.5 Å². The second-order valence-corrected chi connectivity index (χ2v) is 6.86. The zero-order valence-electron chi connectivity index (χ0n) is 12.0. The number of nitrogens with one attached hydrogen (secondary N) is 1. The highest BCUT2D eigenvalue weighted by atomic mass is 79.9. The summed E-state index contributed by atoms with van der Waals surface area (Å²) >= 11 is 3.45. The number of hydrogen-bond acceptors (Lipinski definition) is 2. The minimum atomic E-state index is -0.292. The third kappa shape index (κ3) is 4.32. The van der Waals surface area contributed by atoms with Gasteiger partial charge in [-0.15, -0.1) is 0 Å². The molecule has 3 N–H and O–H groups in total. The van der Waals surface area contributed by atoms with Gasteiger partial charge < -0.3 is 11.1 Å². The molecule has 1 atom stereocenters. The lowest BCUT2D eigenvalue weighted by Gasteiger charge is -2.33. The van der Waals surface area contributed by atoms with Gasteiger partial charge >= 0.3 is 0 Å². The van der Waals surface area contributed by atoms with Crippen LogP contribution in [0.3, 0.4) is 0 Å². The molecule has 2 rings (SSSR count). The van der Waals surface area contributed by atoms with Crippen molar-refractivity contribution in [2.24, 2.45) is 5.73 Å². The summed E-state index contributed by atoms with van der Waals surface area (Å²) in [6.07, 6.45) is 5.90. The summed E-state index contributed by atoms with van der Waals surface area (Å²) in [7, 11) is 0. The number of carbonyl (C=O) groups excluding carboxylic acids is 1. The molecule has 0 unspecified atom stereocenters. The Hall–Kier alpha value is -0.870. The molecule has 1 aliphatic carbocycles. The predicted molar refractivity (Wildman–Crippen MR) is 85.3 cm³/mol. The number of carbonyl (C=O) groups is 1. The zero-order chi connectivity index (χ0) is 14.6. The van der Waals surface area contributed by atoms with Crippen LogP contribution in [0.25, 0.3) is 0 Å². The van der Waals surface area contributed by atoms with E-state index in [1.807, 2.05) is 31.2 Å². The molecule has 0 heterocycles. The Bertz CT molecular complexity index is 469. The smallest absolute Gasteiger partial charge is 0.222 e. The third-order valence-corrected chi connectivity index (χ3v) is 4.58. The number of benzene rings is 1. The molecule has 0 aromatic heterocycles. The highest BCUT2D eigenvalue weighted by Gasteiger charge is 2.30. The molecule has 1 fully saturated rings. The van der Waals surface area contributed by atoms with Crippen molar-refractivity contribution in [2.75, 3.05) is 0 Å². The van der Waals surface area contributed by atoms with Crippen LogP contribution < -0.4 is 11.1 Å². The van der Waals surface area contributed by atoms with Gasteiger partial charge in [0.05, 0.1) is 6.04 Å². The van der Waals surface area contributed by atoms with Gasteiger partial charge in [0, 0.05) is 16.4 Å². The first kappa shape index (κ1) is 15.5. The fraction of sp³-hybridized carbons (Fsp3) is 0.562. The molecule has 1 saturated carbocycles. The molecule has 0 radical (unpaired) electrons. The van der Waals surface area contributed by atoms with Crippen LogP contribution in [0.2, 0.25) is 0 Å². The molecule has 1 aromatic carbocycles. The van der Waals surface area contributed by atoms with Gasteiger partial charge in [-0.25, -0.2) is 0 Å². The summed E-state index contributed by atoms with van der Waals surface area (Å²) in [5.74, 6) is 0.0573. The molecule has 4 heteroatoms. The van der Waals surface area contributed by atoms with Crippen LogP contribution in [-0.2, 0) is 4.79 Å². The van der Waals surface area contributed by atoms with E-state index in [4.69, 9.17) is 5.73 Å². The van der Waals surface area contributed by atoms with Gasteiger partial charge in [0.1, 0.15) is 0 Å². The molecule has 0 aliphatic heterocycles. The van der Waals surface area contributed by atoms with E-state index in [1.54, 1.807) is 0 Å². The lowest BCUT2D eigenvalue weighted by atomic mass is 9.80. The van der Waals surface area contributed by atoms with Crippen molar-refractivity contribution >= 4 is 21.8 Å². The molecule has 0 saturated heterocycles. The largest absolute Gasteiger partial charge is 0.350 e. The number of halogens is 1. The Morgan fingerprint density at radius 2 is 2.10 bits per heavy atom. The van der Waals surface area contributed by atoms with Crippen LogP contribution in [0.1, 0.15) is 57.1 Å². The second-order valence-electron chi connectivity index (χ2n) is 5.94. The van der Waals surface area contributed by atoms with Gasteiger partial charge in [-0.05, 0) is 37.5 Å². The zero-order valence-corrected chi connectivity index (χ0v) is 13.6. The molecule has 20 heavy (non-hydrogen) atoms. The van der Waals surface area contributed by atoms with E-state index in [9.17, 15) is 4.79 Å². The summed E-state index contributed by atoms with van der Waals surface area (Å²) in [6.45, 7) is 2.00. The van der Waals surface area contributed by atoms with Gasteiger partial charge in [-0.3, -0.25) is 4.79 Å². The van der Waals surface area contributed by atoms with Crippen molar-refractivity contribution < 1.29 is 4.79 Å². The molecule has 0 spiro atoms. The predicted octanol–water partition coefficient (Wildman–Crippen LogP) is 3.68. The number of nitrogens with two attached hydrogens (primary N) is 1. The maximum absolute atomic E-state index is 12.2. The average molecular weight is 339 g/mol. The fourth-order valence-corrected chi connectivity index (χ4v) is 3.32. The van der Waals surface area contributed by atoms with Gasteiger partial charge in [-0.1, -0.05) is 47.3 Å². The number of rotatable bonds is 4. The highest BCUT2D eigenvalue weighted by Crippen LogP contribution is 2.29. The summed E-state index contributed by atoms with van der Waals surface area (Å²) in [5.41, 5.74) is 7.14. The van der Waals surface area contributed by atoms with E-state index in [1.165, 1.54) is 6.42 Å². The van der Waals surface area contributed by atoms with Crippen LogP contribution in [0.4, 0.5) is 0 Å². The Morgan fingerprint density at radius 1 is 1.40 bits per heavy atom. The first-order valence-electron chi connectivity index (χ1n) is 7.32. The molecular formula is C16H23BrN2O. The van der Waals surface area contributed by atoms with Crippen LogP contribution in [0.15, 0.2) is 28.7 Å². The van der Waals surface area contributed by atoms with Gasteiger partial charge in [0.2, 0.25) is 5.91 Å². The van der Waals surface area contributed by atoms with Crippen molar-refractivity contribution in [2.45, 2.75) is 57.0 Å². The lowest BCUT2D eigenvalue weighted by molar-refractivity contribution is -0.123. The summed E-state index contributed by atoms with van der Waals surface area (Å²) in [4.78, 5) is 12.2. The van der Waals surface area contributed by atoms with E-state index in [0.29, 0.717) is 6.42 Å². The Balaban J connectivity index is 1.90. The minimum Gasteiger partial charge on any atom is -0.350 e.